The summed E-state index contributed by atoms with van der Waals surface area (Å²) in [7, 11) is 3.84. The third-order valence-corrected chi connectivity index (χ3v) is 3.02. The molecule has 1 aromatic rings. The van der Waals surface area contributed by atoms with Crippen molar-refractivity contribution in [3.63, 3.8) is 0 Å². The van der Waals surface area contributed by atoms with Crippen molar-refractivity contribution in [2.24, 2.45) is 5.73 Å². The number of nitrogens with zero attached hydrogens (tertiary/aromatic N) is 3. The van der Waals surface area contributed by atoms with Crippen LogP contribution in [0.5, 0.6) is 0 Å². The van der Waals surface area contributed by atoms with Gasteiger partial charge in [-0.1, -0.05) is 11.6 Å². The molecule has 1 rings (SSSR count). The molecule has 7 nitrogen and oxygen atoms in total. The number of nitrogens with one attached hydrogen (secondary N) is 1. The number of halogens is 1. The quantitative estimate of drug-likeness (QED) is 0.666. The molecule has 112 valence electrons. The van der Waals surface area contributed by atoms with Crippen molar-refractivity contribution in [3.05, 3.63) is 21.6 Å². The first-order valence-electron chi connectivity index (χ1n) is 6.34. The molecule has 1 aromatic heterocycles. The molecule has 0 radical (unpaired) electrons. The summed E-state index contributed by atoms with van der Waals surface area (Å²) in [5, 5.41) is 7.15. The number of carbonyl (C=O) groups excluding carboxylic acids is 1. The number of hydrogen-bond acceptors (Lipinski definition) is 5. The van der Waals surface area contributed by atoms with Crippen molar-refractivity contribution in [2.45, 2.75) is 19.4 Å². The number of nitrogens with two attached hydrogens (primary N) is 1. The Morgan fingerprint density at radius 3 is 2.85 bits per heavy atom. The van der Waals surface area contributed by atoms with Crippen molar-refractivity contribution >= 4 is 23.2 Å². The van der Waals surface area contributed by atoms with Crippen LogP contribution in [0.25, 0.3) is 0 Å². The van der Waals surface area contributed by atoms with E-state index in [1.807, 2.05) is 19.0 Å². The van der Waals surface area contributed by atoms with Crippen LogP contribution < -0.4 is 16.6 Å². The van der Waals surface area contributed by atoms with Crippen molar-refractivity contribution in [1.82, 2.24) is 14.7 Å². The fourth-order valence-corrected chi connectivity index (χ4v) is 1.74. The fourth-order valence-electron chi connectivity index (χ4n) is 1.53. The number of anilines is 1. The van der Waals surface area contributed by atoms with E-state index in [9.17, 15) is 9.59 Å². The van der Waals surface area contributed by atoms with Gasteiger partial charge < -0.3 is 16.0 Å². The van der Waals surface area contributed by atoms with Crippen LogP contribution in [0.15, 0.2) is 11.0 Å². The Hall–Kier alpha value is -1.60. The summed E-state index contributed by atoms with van der Waals surface area (Å²) >= 11 is 6.01. The van der Waals surface area contributed by atoms with Gasteiger partial charge in [0, 0.05) is 19.5 Å². The molecule has 0 saturated heterocycles. The van der Waals surface area contributed by atoms with Gasteiger partial charge in [0.25, 0.3) is 5.56 Å². The van der Waals surface area contributed by atoms with Crippen LogP contribution >= 0.6 is 11.6 Å². The van der Waals surface area contributed by atoms with Gasteiger partial charge in [-0.15, -0.1) is 0 Å². The van der Waals surface area contributed by atoms with Gasteiger partial charge in [-0.3, -0.25) is 9.59 Å². The van der Waals surface area contributed by atoms with Crippen LogP contribution in [0.2, 0.25) is 5.02 Å². The molecule has 0 aliphatic rings. The average Bonchev–Trinajstić information content (AvgIpc) is 2.37. The largest absolute Gasteiger partial charge is 0.382 e. The van der Waals surface area contributed by atoms with Crippen LogP contribution in [0.1, 0.15) is 12.8 Å². The highest BCUT2D eigenvalue weighted by molar-refractivity contribution is 6.32. The number of aromatic nitrogens is 2. The summed E-state index contributed by atoms with van der Waals surface area (Å²) in [4.78, 5) is 24.5. The molecule has 0 atom stereocenters. The number of hydrogen-bond donors (Lipinski definition) is 2. The third-order valence-electron chi connectivity index (χ3n) is 2.66. The second-order valence-electron chi connectivity index (χ2n) is 4.70. The molecule has 0 fully saturated rings. The summed E-state index contributed by atoms with van der Waals surface area (Å²) in [6.45, 7) is 1.69. The molecule has 0 bridgehead atoms. The SMILES string of the molecule is CN(C)CCn1ncc(NCCCC(N)=O)c(Cl)c1=O. The summed E-state index contributed by atoms with van der Waals surface area (Å²) < 4.78 is 1.33. The standard InChI is InChI=1S/C12H20ClN5O2/c1-17(2)6-7-18-12(20)11(13)9(8-16-18)15-5-3-4-10(14)19/h8,15H,3-7H2,1-2H3,(H2,14,19). The van der Waals surface area contributed by atoms with Crippen LogP contribution in [-0.2, 0) is 11.3 Å². The molecule has 0 aliphatic heterocycles. The Labute approximate surface area is 122 Å². The van der Waals surface area contributed by atoms with Crippen LogP contribution in [0, 0.1) is 0 Å². The van der Waals surface area contributed by atoms with Gasteiger partial charge in [0.05, 0.1) is 18.4 Å². The first kappa shape index (κ1) is 16.5. The lowest BCUT2D eigenvalue weighted by atomic mass is 10.3. The molecule has 0 spiro atoms. The Bertz CT molecular complexity index is 515. The molecular formula is C12H20ClN5O2. The zero-order chi connectivity index (χ0) is 15.1. The van der Waals surface area contributed by atoms with E-state index in [0.29, 0.717) is 31.7 Å². The Morgan fingerprint density at radius 1 is 1.55 bits per heavy atom. The first-order valence-corrected chi connectivity index (χ1v) is 6.72. The Morgan fingerprint density at radius 2 is 2.25 bits per heavy atom. The Balaban J connectivity index is 2.64. The molecule has 3 N–H and O–H groups in total. The average molecular weight is 302 g/mol. The molecular weight excluding hydrogens is 282 g/mol. The van der Waals surface area contributed by atoms with Gasteiger partial charge in [-0.05, 0) is 20.5 Å². The molecule has 1 heterocycles. The van der Waals surface area contributed by atoms with Crippen molar-refractivity contribution in [1.29, 1.82) is 0 Å². The summed E-state index contributed by atoms with van der Waals surface area (Å²) in [5.74, 6) is -0.352. The normalized spacial score (nSPS) is 10.8. The van der Waals surface area contributed by atoms with E-state index in [0.717, 1.165) is 0 Å². The highest BCUT2D eigenvalue weighted by Crippen LogP contribution is 2.15. The minimum atomic E-state index is -0.352. The molecule has 0 unspecified atom stereocenters. The van der Waals surface area contributed by atoms with E-state index in [2.05, 4.69) is 10.4 Å². The van der Waals surface area contributed by atoms with E-state index in [-0.39, 0.29) is 22.9 Å². The minimum Gasteiger partial charge on any atom is -0.382 e. The van der Waals surface area contributed by atoms with E-state index in [1.54, 1.807) is 0 Å². The molecule has 20 heavy (non-hydrogen) atoms. The van der Waals surface area contributed by atoms with Crippen molar-refractivity contribution in [3.8, 4) is 0 Å². The molecule has 1 amide bonds. The van der Waals surface area contributed by atoms with Gasteiger partial charge in [0.2, 0.25) is 5.91 Å². The van der Waals surface area contributed by atoms with Crippen LogP contribution in [0.3, 0.4) is 0 Å². The van der Waals surface area contributed by atoms with E-state index in [4.69, 9.17) is 17.3 Å². The van der Waals surface area contributed by atoms with Crippen molar-refractivity contribution < 1.29 is 4.79 Å². The Kier molecular flexibility index (Phi) is 6.47. The maximum absolute atomic E-state index is 12.0. The predicted octanol–water partition coefficient (Wildman–Crippen LogP) is 0.136. The highest BCUT2D eigenvalue weighted by Gasteiger charge is 2.09. The number of carbonyl (C=O) groups is 1. The third kappa shape index (κ3) is 5.18. The van der Waals surface area contributed by atoms with Gasteiger partial charge in [-0.2, -0.15) is 5.10 Å². The summed E-state index contributed by atoms with van der Waals surface area (Å²) in [6, 6.07) is 0. The minimum absolute atomic E-state index is 0.109. The second kappa shape index (κ2) is 7.86. The smallest absolute Gasteiger partial charge is 0.287 e. The van der Waals surface area contributed by atoms with E-state index >= 15 is 0 Å². The number of primary amides is 1. The van der Waals surface area contributed by atoms with Gasteiger partial charge in [0.1, 0.15) is 5.02 Å². The topological polar surface area (TPSA) is 93.2 Å². The summed E-state index contributed by atoms with van der Waals surface area (Å²) in [6.07, 6.45) is 2.39. The van der Waals surface area contributed by atoms with Crippen LogP contribution in [-0.4, -0.2) is 47.8 Å². The van der Waals surface area contributed by atoms with E-state index < -0.39 is 0 Å². The molecule has 0 aromatic carbocycles. The number of likely N-dealkylation sites (N-methyl/N-ethyl adjacent to an activating group) is 1. The maximum Gasteiger partial charge on any atom is 0.287 e. The lowest BCUT2D eigenvalue weighted by Crippen LogP contribution is -2.29. The monoisotopic (exact) mass is 301 g/mol. The first-order chi connectivity index (χ1) is 9.41. The van der Waals surface area contributed by atoms with Gasteiger partial charge in [0.15, 0.2) is 0 Å². The van der Waals surface area contributed by atoms with Gasteiger partial charge in [-0.25, -0.2) is 4.68 Å². The molecule has 0 saturated carbocycles. The van der Waals surface area contributed by atoms with Crippen LogP contribution in [0.4, 0.5) is 5.69 Å². The maximum atomic E-state index is 12.0. The van der Waals surface area contributed by atoms with E-state index in [1.165, 1.54) is 10.9 Å². The zero-order valence-corrected chi connectivity index (χ0v) is 12.5. The molecule has 0 aliphatic carbocycles. The lowest BCUT2D eigenvalue weighted by Gasteiger charge is -2.12. The summed E-state index contributed by atoms with van der Waals surface area (Å²) in [5.41, 5.74) is 5.19. The van der Waals surface area contributed by atoms with Crippen molar-refractivity contribution in [2.75, 3.05) is 32.5 Å². The zero-order valence-electron chi connectivity index (χ0n) is 11.7. The predicted molar refractivity (Wildman–Crippen MR) is 79.0 cm³/mol. The highest BCUT2D eigenvalue weighted by atomic mass is 35.5. The lowest BCUT2D eigenvalue weighted by molar-refractivity contribution is -0.118. The number of amides is 1. The second-order valence-corrected chi connectivity index (χ2v) is 5.08. The van der Waals surface area contributed by atoms with Gasteiger partial charge >= 0.3 is 0 Å². The number of rotatable bonds is 8. The molecule has 8 heteroatoms. The fraction of sp³-hybridized carbons (Fsp3) is 0.583.